The molecule has 18 heavy (non-hydrogen) atoms. The van der Waals surface area contributed by atoms with Gasteiger partial charge in [0.15, 0.2) is 0 Å². The molecule has 0 heterocycles. The van der Waals surface area contributed by atoms with Crippen LogP contribution >= 0.6 is 15.9 Å². The summed E-state index contributed by atoms with van der Waals surface area (Å²) in [4.78, 5) is 0.139. The van der Waals surface area contributed by atoms with Crippen molar-refractivity contribution >= 4 is 31.6 Å². The molecule has 0 saturated heterocycles. The van der Waals surface area contributed by atoms with Gasteiger partial charge in [-0.05, 0) is 40.5 Å². The highest BCUT2D eigenvalue weighted by atomic mass is 79.9. The van der Waals surface area contributed by atoms with E-state index in [1.54, 1.807) is 0 Å². The molecule has 1 rings (SSSR count). The lowest BCUT2D eigenvalue weighted by Crippen LogP contribution is -2.33. The van der Waals surface area contributed by atoms with Crippen molar-refractivity contribution in [2.75, 3.05) is 5.73 Å². The summed E-state index contributed by atoms with van der Waals surface area (Å²) in [5.74, 6) is 2.43. The molecule has 1 unspecified atom stereocenters. The molecule has 98 valence electrons. The minimum Gasteiger partial charge on any atom is -0.398 e. The lowest BCUT2D eigenvalue weighted by Gasteiger charge is -2.13. The van der Waals surface area contributed by atoms with E-state index in [1.165, 1.54) is 18.2 Å². The highest BCUT2D eigenvalue weighted by Crippen LogP contribution is 2.23. The van der Waals surface area contributed by atoms with Crippen LogP contribution in [0.1, 0.15) is 19.8 Å². The number of halogens is 1. The molecule has 0 bridgehead atoms. The molecule has 4 nitrogen and oxygen atoms in total. The van der Waals surface area contributed by atoms with Gasteiger partial charge in [0, 0.05) is 10.2 Å². The summed E-state index contributed by atoms with van der Waals surface area (Å²) < 4.78 is 27.2. The largest absolute Gasteiger partial charge is 0.398 e. The second kappa shape index (κ2) is 6.23. The van der Waals surface area contributed by atoms with E-state index in [4.69, 9.17) is 12.2 Å². The van der Waals surface area contributed by atoms with Crippen LogP contribution in [0, 0.1) is 12.3 Å². The van der Waals surface area contributed by atoms with Gasteiger partial charge in [-0.15, -0.1) is 6.42 Å². The van der Waals surface area contributed by atoms with Gasteiger partial charge < -0.3 is 5.73 Å². The molecule has 1 aromatic carbocycles. The van der Waals surface area contributed by atoms with Crippen LogP contribution in [0.4, 0.5) is 5.69 Å². The molecule has 0 amide bonds. The van der Waals surface area contributed by atoms with Crippen LogP contribution < -0.4 is 10.5 Å². The summed E-state index contributed by atoms with van der Waals surface area (Å²) in [6.07, 6.45) is 6.70. The zero-order chi connectivity index (χ0) is 13.8. The first-order valence-electron chi connectivity index (χ1n) is 5.44. The molecule has 0 aliphatic heterocycles. The van der Waals surface area contributed by atoms with E-state index >= 15 is 0 Å². The van der Waals surface area contributed by atoms with E-state index in [1.807, 2.05) is 6.92 Å². The molecule has 6 heteroatoms. The molecule has 0 aromatic heterocycles. The van der Waals surface area contributed by atoms with Crippen LogP contribution in [-0.4, -0.2) is 14.5 Å². The predicted octanol–water partition coefficient (Wildman–Crippen LogP) is 2.11. The number of sulfonamides is 1. The van der Waals surface area contributed by atoms with Gasteiger partial charge in [0.1, 0.15) is 0 Å². The predicted molar refractivity (Wildman–Crippen MR) is 76.4 cm³/mol. The lowest BCUT2D eigenvalue weighted by atomic mass is 10.2. The minimum absolute atomic E-state index is 0.139. The summed E-state index contributed by atoms with van der Waals surface area (Å²) in [6, 6.07) is 3.94. The zero-order valence-electron chi connectivity index (χ0n) is 9.98. The third kappa shape index (κ3) is 3.73. The fourth-order valence-electron chi connectivity index (χ4n) is 1.40. The third-order valence-electron chi connectivity index (χ3n) is 2.36. The SMILES string of the molecule is C#CC(CCC)NS(=O)(=O)c1ccc(N)c(Br)c1. The van der Waals surface area contributed by atoms with Gasteiger partial charge >= 0.3 is 0 Å². The molecule has 0 fully saturated rings. The molecule has 3 N–H and O–H groups in total. The molecule has 0 aliphatic rings. The maximum Gasteiger partial charge on any atom is 0.241 e. The standard InChI is InChI=1S/C12H15BrN2O2S/c1-3-5-9(4-2)15-18(16,17)10-6-7-12(14)11(13)8-10/h2,6-9,15H,3,5,14H2,1H3. The van der Waals surface area contributed by atoms with Crippen LogP contribution in [0.25, 0.3) is 0 Å². The molecule has 1 atom stereocenters. The quantitative estimate of drug-likeness (QED) is 0.641. The van der Waals surface area contributed by atoms with E-state index in [9.17, 15) is 8.42 Å². The van der Waals surface area contributed by atoms with Gasteiger partial charge in [0.2, 0.25) is 10.0 Å². The third-order valence-corrected chi connectivity index (χ3v) is 4.51. The van der Waals surface area contributed by atoms with Gasteiger partial charge in [-0.2, -0.15) is 4.72 Å². The number of terminal acetylenes is 1. The number of rotatable bonds is 5. The average molecular weight is 331 g/mol. The van der Waals surface area contributed by atoms with Crippen LogP contribution in [-0.2, 0) is 10.0 Å². The number of hydrogen-bond donors (Lipinski definition) is 2. The van der Waals surface area contributed by atoms with E-state index in [2.05, 4.69) is 26.6 Å². The maximum absolute atomic E-state index is 12.1. The van der Waals surface area contributed by atoms with E-state index < -0.39 is 16.1 Å². The van der Waals surface area contributed by atoms with Crippen LogP contribution in [0.15, 0.2) is 27.6 Å². The summed E-state index contributed by atoms with van der Waals surface area (Å²) in [6.45, 7) is 1.94. The number of nitrogens with one attached hydrogen (secondary N) is 1. The summed E-state index contributed by atoms with van der Waals surface area (Å²) in [7, 11) is -3.61. The first-order valence-corrected chi connectivity index (χ1v) is 7.71. The van der Waals surface area contributed by atoms with Crippen LogP contribution in [0.2, 0.25) is 0 Å². The Hall–Kier alpha value is -1.03. The number of nitrogen functional groups attached to an aromatic ring is 1. The van der Waals surface area contributed by atoms with Crippen molar-refractivity contribution in [1.29, 1.82) is 0 Å². The van der Waals surface area contributed by atoms with Gasteiger partial charge in [-0.25, -0.2) is 8.42 Å². The number of nitrogens with two attached hydrogens (primary N) is 1. The molecule has 0 aliphatic carbocycles. The molecule has 0 radical (unpaired) electrons. The minimum atomic E-state index is -3.61. The van der Waals surface area contributed by atoms with Crippen molar-refractivity contribution in [3.8, 4) is 12.3 Å². The Bertz CT molecular complexity index is 564. The Kier molecular flexibility index (Phi) is 5.20. The van der Waals surface area contributed by atoms with Crippen molar-refractivity contribution in [2.45, 2.75) is 30.7 Å². The summed E-state index contributed by atoms with van der Waals surface area (Å²) in [5.41, 5.74) is 6.10. The summed E-state index contributed by atoms with van der Waals surface area (Å²) >= 11 is 3.20. The molecule has 0 spiro atoms. The zero-order valence-corrected chi connectivity index (χ0v) is 12.4. The van der Waals surface area contributed by atoms with Crippen molar-refractivity contribution < 1.29 is 8.42 Å². The smallest absolute Gasteiger partial charge is 0.241 e. The van der Waals surface area contributed by atoms with Crippen molar-refractivity contribution in [3.05, 3.63) is 22.7 Å². The van der Waals surface area contributed by atoms with Gasteiger partial charge in [-0.1, -0.05) is 19.3 Å². The van der Waals surface area contributed by atoms with Gasteiger partial charge in [-0.3, -0.25) is 0 Å². The second-order valence-electron chi connectivity index (χ2n) is 3.81. The molecule has 1 aromatic rings. The Morgan fingerprint density at radius 3 is 2.72 bits per heavy atom. The molecular weight excluding hydrogens is 316 g/mol. The Balaban J connectivity index is 2.99. The first-order chi connectivity index (χ1) is 8.40. The highest BCUT2D eigenvalue weighted by Gasteiger charge is 2.18. The van der Waals surface area contributed by atoms with Crippen LogP contribution in [0.5, 0.6) is 0 Å². The number of anilines is 1. The fraction of sp³-hybridized carbons (Fsp3) is 0.333. The second-order valence-corrected chi connectivity index (χ2v) is 6.38. The maximum atomic E-state index is 12.1. The molecule has 0 saturated carbocycles. The summed E-state index contributed by atoms with van der Waals surface area (Å²) in [5, 5.41) is 0. The van der Waals surface area contributed by atoms with E-state index in [0.717, 1.165) is 6.42 Å². The van der Waals surface area contributed by atoms with Gasteiger partial charge in [0.05, 0.1) is 10.9 Å². The van der Waals surface area contributed by atoms with Crippen molar-refractivity contribution in [2.24, 2.45) is 0 Å². The highest BCUT2D eigenvalue weighted by molar-refractivity contribution is 9.10. The Morgan fingerprint density at radius 1 is 1.56 bits per heavy atom. The van der Waals surface area contributed by atoms with Crippen LogP contribution in [0.3, 0.4) is 0 Å². The Morgan fingerprint density at radius 2 is 2.22 bits per heavy atom. The Labute approximate surface area is 116 Å². The number of benzene rings is 1. The average Bonchev–Trinajstić information content (AvgIpc) is 2.31. The van der Waals surface area contributed by atoms with Crippen molar-refractivity contribution in [1.82, 2.24) is 4.72 Å². The van der Waals surface area contributed by atoms with Gasteiger partial charge in [0.25, 0.3) is 0 Å². The molecular formula is C12H15BrN2O2S. The van der Waals surface area contributed by atoms with Crippen molar-refractivity contribution in [3.63, 3.8) is 0 Å². The van der Waals surface area contributed by atoms with E-state index in [0.29, 0.717) is 16.6 Å². The lowest BCUT2D eigenvalue weighted by molar-refractivity contribution is 0.564. The monoisotopic (exact) mass is 330 g/mol. The van der Waals surface area contributed by atoms with E-state index in [-0.39, 0.29) is 4.90 Å². The number of hydrogen-bond acceptors (Lipinski definition) is 3. The fourth-order valence-corrected chi connectivity index (χ4v) is 3.14. The topological polar surface area (TPSA) is 72.2 Å². The first kappa shape index (κ1) is 15.0. The normalized spacial score (nSPS) is 12.9.